The molecule has 0 spiro atoms. The van der Waals surface area contributed by atoms with Gasteiger partial charge < -0.3 is 24.9 Å². The highest BCUT2D eigenvalue weighted by molar-refractivity contribution is 6.00. The van der Waals surface area contributed by atoms with E-state index < -0.39 is 0 Å². The molecular formula is C35H33N5O3. The summed E-state index contributed by atoms with van der Waals surface area (Å²) in [5.41, 5.74) is 14.3. The average molecular weight is 572 g/mol. The molecule has 3 N–H and O–H groups in total. The molecule has 2 saturated carbocycles. The number of pyridine rings is 1. The van der Waals surface area contributed by atoms with Crippen molar-refractivity contribution in [3.05, 3.63) is 76.9 Å². The Labute approximate surface area is 248 Å². The van der Waals surface area contributed by atoms with Crippen molar-refractivity contribution in [1.82, 2.24) is 19.8 Å². The molecule has 8 nitrogen and oxygen atoms in total. The first-order valence-electron chi connectivity index (χ1n) is 15.4. The van der Waals surface area contributed by atoms with Gasteiger partial charge in [-0.15, -0.1) is 0 Å². The van der Waals surface area contributed by atoms with Gasteiger partial charge in [0.2, 0.25) is 0 Å². The highest BCUT2D eigenvalue weighted by Gasteiger charge is 2.47. The van der Waals surface area contributed by atoms with E-state index in [1.165, 1.54) is 12.8 Å². The number of hydrogen-bond donors (Lipinski definition) is 2. The Morgan fingerprint density at radius 1 is 1.07 bits per heavy atom. The van der Waals surface area contributed by atoms with E-state index in [-0.39, 0.29) is 18.0 Å². The van der Waals surface area contributed by atoms with Crippen LogP contribution in [-0.2, 0) is 13.1 Å². The van der Waals surface area contributed by atoms with E-state index in [9.17, 15) is 9.59 Å². The Hall–Kier alpha value is -4.43. The third kappa shape index (κ3) is 3.82. The zero-order valence-electron chi connectivity index (χ0n) is 24.1. The number of aryl methyl sites for hydroxylation is 1. The average Bonchev–Trinajstić information content (AvgIpc) is 3.44. The minimum Gasteiger partial charge on any atom is -0.454 e. The van der Waals surface area contributed by atoms with Gasteiger partial charge in [0.25, 0.3) is 11.8 Å². The van der Waals surface area contributed by atoms with Crippen LogP contribution < -0.4 is 11.1 Å². The molecule has 2 aromatic carbocycles. The summed E-state index contributed by atoms with van der Waals surface area (Å²) in [4.78, 5) is 32.8. The number of nitrogens with zero attached hydrogens (tertiary/aromatic N) is 3. The molecule has 5 heterocycles. The van der Waals surface area contributed by atoms with E-state index in [1.807, 2.05) is 47.4 Å². The number of benzene rings is 2. The number of nitrogens with two attached hydrogens (primary N) is 1. The minimum absolute atomic E-state index is 0.0111. The summed E-state index contributed by atoms with van der Waals surface area (Å²) in [6.45, 7) is 4.29. The third-order valence-electron chi connectivity index (χ3n) is 10.4. The molecule has 0 radical (unpaired) electrons. The SMILES string of the molecule is Cc1c(-c2cc3ccc(-c4ccc5c(c4)C(=O)NC5)nc3n2CC2CC2)oc2cc(C(=O)N3CC4CC[C@H]4C3N)ccc12. The van der Waals surface area contributed by atoms with Crippen molar-refractivity contribution in [3.63, 3.8) is 0 Å². The van der Waals surface area contributed by atoms with Crippen LogP contribution >= 0.6 is 0 Å². The first-order valence-corrected chi connectivity index (χ1v) is 15.4. The van der Waals surface area contributed by atoms with Crippen molar-refractivity contribution < 1.29 is 14.0 Å². The molecule has 3 fully saturated rings. The normalized spacial score (nSPS) is 22.6. The van der Waals surface area contributed by atoms with Gasteiger partial charge in [-0.2, -0.15) is 0 Å². The molecule has 2 aliphatic carbocycles. The number of aromatic nitrogens is 2. The summed E-state index contributed by atoms with van der Waals surface area (Å²) < 4.78 is 8.87. The summed E-state index contributed by atoms with van der Waals surface area (Å²) >= 11 is 0. The lowest BCUT2D eigenvalue weighted by atomic mass is 9.75. The van der Waals surface area contributed by atoms with Crippen molar-refractivity contribution in [3.8, 4) is 22.7 Å². The first kappa shape index (κ1) is 25.1. The zero-order valence-corrected chi connectivity index (χ0v) is 24.1. The maximum absolute atomic E-state index is 13.5. The number of amides is 2. The smallest absolute Gasteiger partial charge is 0.255 e. The molecule has 5 aromatic rings. The maximum atomic E-state index is 13.5. The number of hydrogen-bond acceptors (Lipinski definition) is 5. The van der Waals surface area contributed by atoms with Crippen LogP contribution in [0.5, 0.6) is 0 Å². The van der Waals surface area contributed by atoms with Crippen LogP contribution in [0.2, 0.25) is 0 Å². The third-order valence-corrected chi connectivity index (χ3v) is 10.4. The van der Waals surface area contributed by atoms with E-state index in [0.29, 0.717) is 35.4 Å². The van der Waals surface area contributed by atoms with Crippen LogP contribution in [0.25, 0.3) is 44.7 Å². The van der Waals surface area contributed by atoms with Gasteiger partial charge in [0.05, 0.1) is 17.6 Å². The summed E-state index contributed by atoms with van der Waals surface area (Å²) in [6, 6.07) is 18.1. The Morgan fingerprint density at radius 2 is 1.95 bits per heavy atom. The van der Waals surface area contributed by atoms with Gasteiger partial charge in [-0.25, -0.2) is 4.98 Å². The van der Waals surface area contributed by atoms with Gasteiger partial charge in [0, 0.05) is 52.7 Å². The molecule has 9 rings (SSSR count). The van der Waals surface area contributed by atoms with Gasteiger partial charge in [0.15, 0.2) is 5.76 Å². The van der Waals surface area contributed by atoms with Crippen LogP contribution in [0.15, 0.2) is 59.0 Å². The minimum atomic E-state index is -0.194. The standard InChI is InChI=1S/C35H33N5O3/c1-18-25-9-6-22(35(42)40-17-24-7-10-26(24)32(40)36)14-30(25)43-31(18)29-13-21-8-11-28(38-33(21)39(29)16-19-2-3-19)20-4-5-23-15-37-34(41)27(23)12-20/h4-6,8-9,11-14,19,24,26,32H,2-3,7,10,15-17,36H2,1H3,(H,37,41)/t24?,26-,32?/m1/s1. The number of fused-ring (bicyclic) bond motifs is 4. The van der Waals surface area contributed by atoms with E-state index in [4.69, 9.17) is 15.1 Å². The Bertz CT molecular complexity index is 2000. The molecular weight excluding hydrogens is 538 g/mol. The number of furan rings is 1. The second-order valence-electron chi connectivity index (χ2n) is 13.0. The molecule has 2 unspecified atom stereocenters. The number of nitrogens with one attached hydrogen (secondary N) is 1. The van der Waals surface area contributed by atoms with Gasteiger partial charge >= 0.3 is 0 Å². The monoisotopic (exact) mass is 571 g/mol. The summed E-state index contributed by atoms with van der Waals surface area (Å²) in [5.74, 6) is 2.38. The lowest BCUT2D eigenvalue weighted by Gasteiger charge is -2.31. The van der Waals surface area contributed by atoms with Crippen molar-refractivity contribution in [1.29, 1.82) is 0 Å². The highest BCUT2D eigenvalue weighted by Crippen LogP contribution is 2.44. The molecule has 43 heavy (non-hydrogen) atoms. The van der Waals surface area contributed by atoms with Crippen LogP contribution in [-0.4, -0.2) is 39.0 Å². The second-order valence-corrected chi connectivity index (χ2v) is 13.0. The summed E-state index contributed by atoms with van der Waals surface area (Å²) in [7, 11) is 0. The Morgan fingerprint density at radius 3 is 2.72 bits per heavy atom. The zero-order chi connectivity index (χ0) is 29.0. The topological polar surface area (TPSA) is 106 Å². The molecule has 2 amide bonds. The number of likely N-dealkylation sites (tertiary alicyclic amines) is 1. The fourth-order valence-corrected chi connectivity index (χ4v) is 7.46. The molecule has 4 aliphatic rings. The van der Waals surface area contributed by atoms with Gasteiger partial charge in [-0.05, 0) is 92.3 Å². The number of carbonyl (C=O) groups excluding carboxylic acids is 2. The fourth-order valence-electron chi connectivity index (χ4n) is 7.46. The summed E-state index contributed by atoms with van der Waals surface area (Å²) in [6.07, 6.45) is 4.51. The van der Waals surface area contributed by atoms with E-state index in [0.717, 1.165) is 81.8 Å². The van der Waals surface area contributed by atoms with E-state index in [2.05, 4.69) is 28.9 Å². The lowest BCUT2D eigenvalue weighted by Crippen LogP contribution is -2.44. The quantitative estimate of drug-likeness (QED) is 0.276. The predicted octanol–water partition coefficient (Wildman–Crippen LogP) is 5.85. The molecule has 1 saturated heterocycles. The molecule has 8 heteroatoms. The van der Waals surface area contributed by atoms with Crippen molar-refractivity contribution in [2.75, 3.05) is 6.54 Å². The van der Waals surface area contributed by atoms with Crippen LogP contribution in [0.3, 0.4) is 0 Å². The molecule has 0 bridgehead atoms. The van der Waals surface area contributed by atoms with Crippen LogP contribution in [0.1, 0.15) is 57.5 Å². The van der Waals surface area contributed by atoms with Crippen LogP contribution in [0.4, 0.5) is 0 Å². The fraction of sp³-hybridized carbons (Fsp3) is 0.343. The van der Waals surface area contributed by atoms with E-state index in [1.54, 1.807) is 0 Å². The molecule has 3 atom stereocenters. The molecule has 216 valence electrons. The second kappa shape index (κ2) is 9.04. The number of rotatable bonds is 5. The van der Waals surface area contributed by atoms with Crippen molar-refractivity contribution in [2.45, 2.75) is 51.9 Å². The largest absolute Gasteiger partial charge is 0.454 e. The van der Waals surface area contributed by atoms with Crippen molar-refractivity contribution in [2.24, 2.45) is 23.5 Å². The first-order chi connectivity index (χ1) is 20.9. The molecule has 3 aromatic heterocycles. The lowest BCUT2D eigenvalue weighted by molar-refractivity contribution is 0.0723. The van der Waals surface area contributed by atoms with Crippen molar-refractivity contribution >= 4 is 33.8 Å². The van der Waals surface area contributed by atoms with E-state index >= 15 is 0 Å². The number of carbonyl (C=O) groups is 2. The van der Waals surface area contributed by atoms with Gasteiger partial charge in [0.1, 0.15) is 11.2 Å². The Balaban J connectivity index is 1.12. The van der Waals surface area contributed by atoms with Crippen LogP contribution in [0, 0.1) is 24.7 Å². The molecule has 2 aliphatic heterocycles. The highest BCUT2D eigenvalue weighted by atomic mass is 16.3. The van der Waals surface area contributed by atoms with Gasteiger partial charge in [-0.3, -0.25) is 9.59 Å². The predicted molar refractivity (Wildman–Crippen MR) is 164 cm³/mol. The summed E-state index contributed by atoms with van der Waals surface area (Å²) in [5, 5.41) is 4.95. The Kier molecular flexibility index (Phi) is 5.27. The van der Waals surface area contributed by atoms with Gasteiger partial charge in [-0.1, -0.05) is 18.2 Å². The maximum Gasteiger partial charge on any atom is 0.255 e.